The van der Waals surface area contributed by atoms with Crippen molar-refractivity contribution in [3.8, 4) is 5.75 Å². The van der Waals surface area contributed by atoms with Gasteiger partial charge < -0.3 is 4.74 Å². The zero-order valence-corrected chi connectivity index (χ0v) is 8.52. The highest BCUT2D eigenvalue weighted by atomic mass is 19.4. The van der Waals surface area contributed by atoms with E-state index in [1.54, 1.807) is 0 Å². The van der Waals surface area contributed by atoms with Crippen LogP contribution >= 0.6 is 0 Å². The highest BCUT2D eigenvalue weighted by Gasteiger charge is 2.31. The second-order valence-corrected chi connectivity index (χ2v) is 3.15. The van der Waals surface area contributed by atoms with Crippen molar-refractivity contribution < 1.29 is 31.5 Å². The van der Waals surface area contributed by atoms with Crippen LogP contribution in [0.25, 0.3) is 0 Å². The van der Waals surface area contributed by atoms with Crippen molar-refractivity contribution in [3.63, 3.8) is 0 Å². The number of carbonyl (C=O) groups is 1. The van der Waals surface area contributed by atoms with Gasteiger partial charge in [-0.3, -0.25) is 4.79 Å². The Morgan fingerprint density at radius 2 is 1.88 bits per heavy atom. The third-order valence-corrected chi connectivity index (χ3v) is 1.87. The minimum atomic E-state index is -4.93. The molecule has 0 bridgehead atoms. The molecule has 0 saturated carbocycles. The molecule has 0 amide bonds. The highest BCUT2D eigenvalue weighted by molar-refractivity contribution is 5.96. The summed E-state index contributed by atoms with van der Waals surface area (Å²) in [5.74, 6) is -1.46. The summed E-state index contributed by atoms with van der Waals surface area (Å²) < 4.78 is 64.0. The molecule has 0 heterocycles. The summed E-state index contributed by atoms with van der Waals surface area (Å²) in [4.78, 5) is 11.0. The van der Waals surface area contributed by atoms with E-state index in [9.17, 15) is 26.7 Å². The van der Waals surface area contributed by atoms with E-state index in [1.165, 1.54) is 0 Å². The van der Waals surface area contributed by atoms with Crippen LogP contribution < -0.4 is 4.74 Å². The van der Waals surface area contributed by atoms with E-state index in [2.05, 4.69) is 4.74 Å². The predicted octanol–water partition coefficient (Wildman–Crippen LogP) is 3.73. The SMILES string of the molecule is CC(=O)c1cc(OC(F)(F)F)ccc1C(F)F. The van der Waals surface area contributed by atoms with E-state index in [-0.39, 0.29) is 0 Å². The Kier molecular flexibility index (Phi) is 3.69. The highest BCUT2D eigenvalue weighted by Crippen LogP contribution is 2.29. The van der Waals surface area contributed by atoms with E-state index in [0.29, 0.717) is 6.07 Å². The third-order valence-electron chi connectivity index (χ3n) is 1.87. The third kappa shape index (κ3) is 3.69. The monoisotopic (exact) mass is 254 g/mol. The molecule has 0 N–H and O–H groups in total. The minimum Gasteiger partial charge on any atom is -0.406 e. The van der Waals surface area contributed by atoms with Gasteiger partial charge in [-0.2, -0.15) is 0 Å². The molecule has 17 heavy (non-hydrogen) atoms. The molecule has 2 nitrogen and oxygen atoms in total. The van der Waals surface area contributed by atoms with Gasteiger partial charge in [-0.05, 0) is 25.1 Å². The predicted molar refractivity (Wildman–Crippen MR) is 48.1 cm³/mol. The second kappa shape index (κ2) is 4.68. The van der Waals surface area contributed by atoms with Gasteiger partial charge in [-0.1, -0.05) is 0 Å². The molecule has 0 aliphatic carbocycles. The molecular weight excluding hydrogens is 247 g/mol. The number of ketones is 1. The zero-order valence-electron chi connectivity index (χ0n) is 8.52. The Morgan fingerprint density at radius 1 is 1.29 bits per heavy atom. The molecule has 0 aromatic heterocycles. The summed E-state index contributed by atoms with van der Waals surface area (Å²) >= 11 is 0. The molecule has 0 fully saturated rings. The fourth-order valence-electron chi connectivity index (χ4n) is 1.23. The number of hydrogen-bond acceptors (Lipinski definition) is 2. The Morgan fingerprint density at radius 3 is 2.29 bits per heavy atom. The van der Waals surface area contributed by atoms with E-state index in [4.69, 9.17) is 0 Å². The quantitative estimate of drug-likeness (QED) is 0.607. The second-order valence-electron chi connectivity index (χ2n) is 3.15. The van der Waals surface area contributed by atoms with Crippen LogP contribution in [0.15, 0.2) is 18.2 Å². The van der Waals surface area contributed by atoms with Crippen LogP contribution in [0.3, 0.4) is 0 Å². The average Bonchev–Trinajstić information content (AvgIpc) is 2.14. The Bertz CT molecular complexity index is 425. The smallest absolute Gasteiger partial charge is 0.406 e. The molecule has 0 radical (unpaired) electrons. The lowest BCUT2D eigenvalue weighted by Gasteiger charge is -2.11. The van der Waals surface area contributed by atoms with Gasteiger partial charge in [0.1, 0.15) is 5.75 Å². The largest absolute Gasteiger partial charge is 0.573 e. The molecule has 0 aliphatic rings. The van der Waals surface area contributed by atoms with Crippen LogP contribution in [0.5, 0.6) is 5.75 Å². The minimum absolute atomic E-state index is 0.484. The van der Waals surface area contributed by atoms with Gasteiger partial charge in [0, 0.05) is 11.1 Å². The molecule has 1 rings (SSSR count). The van der Waals surface area contributed by atoms with Gasteiger partial charge in [0.05, 0.1) is 0 Å². The normalized spacial score (nSPS) is 11.7. The van der Waals surface area contributed by atoms with Gasteiger partial charge in [0.2, 0.25) is 0 Å². The summed E-state index contributed by atoms with van der Waals surface area (Å²) in [5, 5.41) is 0. The number of Topliss-reactive ketones (excluding diaryl/α,β-unsaturated/α-hetero) is 1. The van der Waals surface area contributed by atoms with E-state index in [1.807, 2.05) is 0 Å². The molecule has 94 valence electrons. The number of hydrogen-bond donors (Lipinski definition) is 0. The summed E-state index contributed by atoms with van der Waals surface area (Å²) in [6, 6.07) is 2.13. The average molecular weight is 254 g/mol. The maximum Gasteiger partial charge on any atom is 0.573 e. The number of benzene rings is 1. The maximum atomic E-state index is 12.4. The lowest BCUT2D eigenvalue weighted by molar-refractivity contribution is -0.274. The van der Waals surface area contributed by atoms with Crippen molar-refractivity contribution in [1.82, 2.24) is 0 Å². The Balaban J connectivity index is 3.15. The van der Waals surface area contributed by atoms with Crippen molar-refractivity contribution in [2.24, 2.45) is 0 Å². The van der Waals surface area contributed by atoms with Crippen LogP contribution in [-0.4, -0.2) is 12.1 Å². The topological polar surface area (TPSA) is 26.3 Å². The van der Waals surface area contributed by atoms with Gasteiger partial charge in [-0.15, -0.1) is 13.2 Å². The van der Waals surface area contributed by atoms with Crippen LogP contribution in [0.2, 0.25) is 0 Å². The summed E-state index contributed by atoms with van der Waals surface area (Å²) in [5.41, 5.74) is -1.10. The fraction of sp³-hybridized carbons (Fsp3) is 0.300. The van der Waals surface area contributed by atoms with Crippen molar-refractivity contribution in [2.45, 2.75) is 19.7 Å². The van der Waals surface area contributed by atoms with Crippen molar-refractivity contribution in [2.75, 3.05) is 0 Å². The lowest BCUT2D eigenvalue weighted by Crippen LogP contribution is -2.17. The summed E-state index contributed by atoms with van der Waals surface area (Å²) in [6.45, 7) is 0.985. The zero-order chi connectivity index (χ0) is 13.2. The van der Waals surface area contributed by atoms with Gasteiger partial charge in [-0.25, -0.2) is 8.78 Å². The number of rotatable bonds is 3. The van der Waals surface area contributed by atoms with Gasteiger partial charge in [0.25, 0.3) is 6.43 Å². The van der Waals surface area contributed by atoms with Gasteiger partial charge in [0.15, 0.2) is 5.78 Å². The molecule has 7 heteroatoms. The maximum absolute atomic E-state index is 12.4. The van der Waals surface area contributed by atoms with E-state index in [0.717, 1.165) is 19.1 Å². The molecule has 0 aliphatic heterocycles. The van der Waals surface area contributed by atoms with Crippen LogP contribution in [-0.2, 0) is 0 Å². The first-order chi connectivity index (χ1) is 7.70. The first kappa shape index (κ1) is 13.4. The molecule has 0 unspecified atom stereocenters. The van der Waals surface area contributed by atoms with Gasteiger partial charge >= 0.3 is 6.36 Å². The molecule has 0 atom stereocenters. The van der Waals surface area contributed by atoms with Crippen LogP contribution in [0.4, 0.5) is 22.0 Å². The van der Waals surface area contributed by atoms with Crippen LogP contribution in [0.1, 0.15) is 29.3 Å². The first-order valence-corrected chi connectivity index (χ1v) is 4.39. The standard InChI is InChI=1S/C10H7F5O2/c1-5(16)8-4-6(17-10(13,14)15)2-3-7(8)9(11)12/h2-4,9H,1H3. The molecule has 1 aromatic carbocycles. The Hall–Kier alpha value is -1.66. The molecule has 1 aromatic rings. The first-order valence-electron chi connectivity index (χ1n) is 4.39. The Labute approximate surface area is 93.0 Å². The summed E-state index contributed by atoms with van der Waals surface area (Å²) in [6.07, 6.45) is -7.87. The lowest BCUT2D eigenvalue weighted by atomic mass is 10.0. The van der Waals surface area contributed by atoms with Crippen molar-refractivity contribution in [3.05, 3.63) is 29.3 Å². The summed E-state index contributed by atoms with van der Waals surface area (Å²) in [7, 11) is 0. The fourth-order valence-corrected chi connectivity index (χ4v) is 1.23. The molecule has 0 saturated heterocycles. The molecular formula is C10H7F5O2. The number of alkyl halides is 5. The van der Waals surface area contributed by atoms with Crippen molar-refractivity contribution in [1.29, 1.82) is 0 Å². The number of carbonyl (C=O) groups excluding carboxylic acids is 1. The number of ether oxygens (including phenoxy) is 1. The van der Waals surface area contributed by atoms with Crippen LogP contribution in [0, 0.1) is 0 Å². The van der Waals surface area contributed by atoms with E-state index < -0.39 is 35.4 Å². The molecule has 0 spiro atoms. The van der Waals surface area contributed by atoms with E-state index >= 15 is 0 Å². The van der Waals surface area contributed by atoms with Crippen molar-refractivity contribution >= 4 is 5.78 Å². The number of halogens is 5.